The van der Waals surface area contributed by atoms with Crippen molar-refractivity contribution in [2.75, 3.05) is 17.2 Å². The number of thioether (sulfide) groups is 1. The fourth-order valence-corrected chi connectivity index (χ4v) is 6.21. The average Bonchev–Trinajstić information content (AvgIpc) is 3.52. The minimum Gasteiger partial charge on any atom is -0.406 e. The number of alkyl halides is 3. The first-order valence-corrected chi connectivity index (χ1v) is 16.3. The van der Waals surface area contributed by atoms with Crippen LogP contribution in [0.25, 0.3) is 17.1 Å². The van der Waals surface area contributed by atoms with Crippen LogP contribution in [-0.2, 0) is 6.42 Å². The Morgan fingerprint density at radius 1 is 1.09 bits per heavy atom. The molecule has 8 nitrogen and oxygen atoms in total. The van der Waals surface area contributed by atoms with Gasteiger partial charge in [0.1, 0.15) is 12.1 Å². The zero-order chi connectivity index (χ0) is 32.8. The van der Waals surface area contributed by atoms with Crippen LogP contribution in [-0.4, -0.2) is 50.7 Å². The predicted molar refractivity (Wildman–Crippen MR) is 177 cm³/mol. The van der Waals surface area contributed by atoms with E-state index in [9.17, 15) is 18.0 Å². The quantitative estimate of drug-likeness (QED) is 0.196. The number of anilines is 1. The molecule has 0 radical (unpaired) electrons. The molecule has 2 heterocycles. The third-order valence-corrected chi connectivity index (χ3v) is 8.92. The van der Waals surface area contributed by atoms with Gasteiger partial charge >= 0.3 is 12.4 Å². The molecule has 2 atom stereocenters. The number of hydrogen-bond donors (Lipinski definition) is 1. The van der Waals surface area contributed by atoms with Crippen LogP contribution >= 0.6 is 11.8 Å². The summed E-state index contributed by atoms with van der Waals surface area (Å²) in [5, 5.41) is 8.27. The summed E-state index contributed by atoms with van der Waals surface area (Å²) < 4.78 is 42.8. The number of carbonyl (C=O) groups excluding carboxylic acids is 1. The minimum atomic E-state index is -4.75. The number of aromatic nitrogens is 3. The summed E-state index contributed by atoms with van der Waals surface area (Å²) >= 11 is 1.62. The van der Waals surface area contributed by atoms with Crippen molar-refractivity contribution >= 4 is 28.6 Å². The zero-order valence-electron chi connectivity index (χ0n) is 26.2. The molecule has 0 aliphatic carbocycles. The highest BCUT2D eigenvalue weighted by atomic mass is 32.2. The maximum Gasteiger partial charge on any atom is 0.573 e. The largest absolute Gasteiger partial charge is 0.573 e. The predicted octanol–water partition coefficient (Wildman–Crippen LogP) is 8.29. The fraction of sp³-hybridized carbons (Fsp3) is 0.353. The van der Waals surface area contributed by atoms with Crippen molar-refractivity contribution in [3.63, 3.8) is 0 Å². The Morgan fingerprint density at radius 3 is 2.52 bits per heavy atom. The Hall–Kier alpha value is -4.32. The molecular formula is C34H37F3N6O2S. The van der Waals surface area contributed by atoms with E-state index in [0.29, 0.717) is 11.5 Å². The monoisotopic (exact) mass is 650 g/mol. The molecule has 5 rings (SSSR count). The number of aryl methyl sites for hydroxylation is 2. The van der Waals surface area contributed by atoms with Crippen LogP contribution in [0.2, 0.25) is 0 Å². The summed E-state index contributed by atoms with van der Waals surface area (Å²) in [6.07, 6.45) is -0.209. The van der Waals surface area contributed by atoms with Gasteiger partial charge in [-0.15, -0.1) is 18.3 Å². The van der Waals surface area contributed by atoms with E-state index in [-0.39, 0.29) is 23.7 Å². The topological polar surface area (TPSA) is 84.6 Å². The summed E-state index contributed by atoms with van der Waals surface area (Å²) in [7, 11) is 0. The molecule has 1 aliphatic heterocycles. The van der Waals surface area contributed by atoms with E-state index in [1.807, 2.05) is 31.2 Å². The van der Waals surface area contributed by atoms with Crippen molar-refractivity contribution in [2.24, 2.45) is 4.99 Å². The molecule has 12 heteroatoms. The maximum absolute atomic E-state index is 13.1. The third-order valence-electron chi connectivity index (χ3n) is 7.86. The third kappa shape index (κ3) is 8.28. The standard InChI is InChI=1S/C34H37F3N6O2S/c1-5-7-26-9-8-22(2)20-30(26)42-18-6-19-46-33(42)40-32(44)39-24(4)23(3)25-10-12-27(13-11-25)31-38-21-43(41-31)28-14-16-29(17-15-28)45-34(35,36)37/h8-17,20-21,23-24H,5-7,18-19H2,1-4H3,(H,39,44)/b40-33-. The van der Waals surface area contributed by atoms with Gasteiger partial charge in [0, 0.05) is 35.5 Å². The van der Waals surface area contributed by atoms with Crippen LogP contribution in [0.4, 0.5) is 23.7 Å². The van der Waals surface area contributed by atoms with Crippen molar-refractivity contribution in [2.45, 2.75) is 65.3 Å². The SMILES string of the molecule is CCCc1ccc(C)cc1N1CCCS/C1=N\C(=O)NC(C)C(C)c1ccc(-c2ncn(-c3ccc(OC(F)(F)F)cc3)n2)cc1. The van der Waals surface area contributed by atoms with Crippen molar-refractivity contribution < 1.29 is 22.7 Å². The van der Waals surface area contributed by atoms with Crippen LogP contribution in [0.3, 0.4) is 0 Å². The number of amidine groups is 1. The van der Waals surface area contributed by atoms with Gasteiger partial charge < -0.3 is 15.0 Å². The fourth-order valence-electron chi connectivity index (χ4n) is 5.27. The lowest BCUT2D eigenvalue weighted by Crippen LogP contribution is -2.39. The van der Waals surface area contributed by atoms with E-state index < -0.39 is 6.36 Å². The molecular weight excluding hydrogens is 613 g/mol. The molecule has 2 amide bonds. The number of ether oxygens (including phenoxy) is 1. The number of halogens is 3. The van der Waals surface area contributed by atoms with Gasteiger partial charge in [-0.05, 0) is 73.7 Å². The normalized spacial score (nSPS) is 15.9. The van der Waals surface area contributed by atoms with E-state index in [2.05, 4.69) is 69.0 Å². The molecule has 1 aliphatic rings. The van der Waals surface area contributed by atoms with Crippen molar-refractivity contribution in [3.8, 4) is 22.8 Å². The number of hydrogen-bond acceptors (Lipinski definition) is 5. The number of carbonyl (C=O) groups is 1. The molecule has 242 valence electrons. The number of nitrogens with zero attached hydrogens (tertiary/aromatic N) is 5. The van der Waals surface area contributed by atoms with Gasteiger partial charge in [0.2, 0.25) is 0 Å². The van der Waals surface area contributed by atoms with Crippen molar-refractivity contribution in [1.82, 2.24) is 20.1 Å². The van der Waals surface area contributed by atoms with Gasteiger partial charge in [-0.25, -0.2) is 14.5 Å². The van der Waals surface area contributed by atoms with Crippen LogP contribution < -0.4 is 15.0 Å². The van der Waals surface area contributed by atoms with Gasteiger partial charge in [0.15, 0.2) is 11.0 Å². The summed E-state index contributed by atoms with van der Waals surface area (Å²) in [5.74, 6) is 1.09. The van der Waals surface area contributed by atoms with Crippen LogP contribution in [0, 0.1) is 6.92 Å². The molecule has 2 unspecified atom stereocenters. The Morgan fingerprint density at radius 2 is 1.83 bits per heavy atom. The first-order chi connectivity index (χ1) is 22.0. The molecule has 1 aromatic heterocycles. The van der Waals surface area contributed by atoms with Gasteiger partial charge in [-0.2, -0.15) is 4.99 Å². The van der Waals surface area contributed by atoms with E-state index in [0.717, 1.165) is 53.5 Å². The lowest BCUT2D eigenvalue weighted by atomic mass is 9.93. The first-order valence-electron chi connectivity index (χ1n) is 15.3. The Labute approximate surface area is 271 Å². The molecule has 3 aromatic carbocycles. The highest BCUT2D eigenvalue weighted by molar-refractivity contribution is 8.14. The van der Waals surface area contributed by atoms with E-state index in [1.165, 1.54) is 46.4 Å². The molecule has 1 fully saturated rings. The smallest absolute Gasteiger partial charge is 0.406 e. The Bertz CT molecular complexity index is 1670. The minimum absolute atomic E-state index is 0.00388. The van der Waals surface area contributed by atoms with E-state index >= 15 is 0 Å². The maximum atomic E-state index is 13.1. The molecule has 0 spiro atoms. The Kier molecular flexibility index (Phi) is 10.4. The van der Waals surface area contributed by atoms with E-state index in [1.54, 1.807) is 11.8 Å². The number of rotatable bonds is 9. The number of amides is 2. The van der Waals surface area contributed by atoms with Crippen LogP contribution in [0.15, 0.2) is 78.0 Å². The summed E-state index contributed by atoms with van der Waals surface area (Å²) in [5.41, 5.74) is 5.94. The summed E-state index contributed by atoms with van der Waals surface area (Å²) in [6.45, 7) is 9.10. The first kappa shape index (κ1) is 33.1. The molecule has 1 saturated heterocycles. The molecule has 0 saturated carbocycles. The van der Waals surface area contributed by atoms with Crippen molar-refractivity contribution in [1.29, 1.82) is 0 Å². The number of aliphatic imine (C=N–C) groups is 1. The summed E-state index contributed by atoms with van der Waals surface area (Å²) in [6, 6.07) is 19.1. The molecule has 0 bridgehead atoms. The zero-order valence-corrected chi connectivity index (χ0v) is 27.0. The van der Waals surface area contributed by atoms with Crippen molar-refractivity contribution in [3.05, 3.63) is 89.7 Å². The second-order valence-corrected chi connectivity index (χ2v) is 12.4. The summed E-state index contributed by atoms with van der Waals surface area (Å²) in [4.78, 5) is 24.2. The molecule has 4 aromatic rings. The Balaban J connectivity index is 1.23. The van der Waals surface area contributed by atoms with Gasteiger partial charge in [-0.3, -0.25) is 0 Å². The highest BCUT2D eigenvalue weighted by Crippen LogP contribution is 2.30. The second-order valence-electron chi connectivity index (χ2n) is 11.3. The lowest BCUT2D eigenvalue weighted by molar-refractivity contribution is -0.274. The van der Waals surface area contributed by atoms with E-state index in [4.69, 9.17) is 0 Å². The number of nitrogens with one attached hydrogen (secondary N) is 1. The van der Waals surface area contributed by atoms with Crippen LogP contribution in [0.1, 0.15) is 56.2 Å². The van der Waals surface area contributed by atoms with Gasteiger partial charge in [0.25, 0.3) is 0 Å². The second kappa shape index (κ2) is 14.4. The molecule has 46 heavy (non-hydrogen) atoms. The number of benzene rings is 3. The lowest BCUT2D eigenvalue weighted by Gasteiger charge is -2.31. The van der Waals surface area contributed by atoms with Crippen LogP contribution in [0.5, 0.6) is 5.75 Å². The van der Waals surface area contributed by atoms with Gasteiger partial charge in [-0.1, -0.05) is 68.4 Å². The highest BCUT2D eigenvalue weighted by Gasteiger charge is 2.31. The number of urea groups is 1. The van der Waals surface area contributed by atoms with Gasteiger partial charge in [0.05, 0.1) is 5.69 Å². The molecule has 1 N–H and O–H groups in total. The average molecular weight is 651 g/mol.